The van der Waals surface area contributed by atoms with Gasteiger partial charge in [0.25, 0.3) is 0 Å². The Morgan fingerprint density at radius 1 is 1.33 bits per heavy atom. The average Bonchev–Trinajstić information content (AvgIpc) is 2.33. The molecule has 1 atom stereocenters. The first-order chi connectivity index (χ1) is 8.49. The van der Waals surface area contributed by atoms with Gasteiger partial charge in [0.1, 0.15) is 0 Å². The van der Waals surface area contributed by atoms with Gasteiger partial charge in [-0.1, -0.05) is 19.1 Å². The lowest BCUT2D eigenvalue weighted by Crippen LogP contribution is -2.24. The molecule has 1 rings (SSSR count). The second-order valence-electron chi connectivity index (χ2n) is 4.09. The summed E-state index contributed by atoms with van der Waals surface area (Å²) in [6.07, 6.45) is -1.36. The zero-order valence-corrected chi connectivity index (χ0v) is 11.4. The molecule has 0 fully saturated rings. The van der Waals surface area contributed by atoms with Crippen molar-refractivity contribution in [1.29, 1.82) is 0 Å². The fraction of sp³-hybridized carbons (Fsp3) is 0.538. The van der Waals surface area contributed by atoms with E-state index in [-0.39, 0.29) is 6.04 Å². The molecule has 18 heavy (non-hydrogen) atoms. The van der Waals surface area contributed by atoms with Crippen LogP contribution in [0.25, 0.3) is 0 Å². The van der Waals surface area contributed by atoms with Gasteiger partial charge in [-0.05, 0) is 36.9 Å². The highest BCUT2D eigenvalue weighted by atomic mass is 32.2. The molecule has 0 saturated carbocycles. The zero-order valence-electron chi connectivity index (χ0n) is 10.6. The van der Waals surface area contributed by atoms with Crippen molar-refractivity contribution in [3.63, 3.8) is 0 Å². The van der Waals surface area contributed by atoms with Crippen molar-refractivity contribution in [3.8, 4) is 0 Å². The maximum atomic E-state index is 12.6. The van der Waals surface area contributed by atoms with Crippen LogP contribution in [0.3, 0.4) is 0 Å². The van der Waals surface area contributed by atoms with Gasteiger partial charge in [-0.2, -0.15) is 24.9 Å². The normalized spacial score (nSPS) is 13.6. The van der Waals surface area contributed by atoms with E-state index in [9.17, 15) is 13.2 Å². The molecule has 0 saturated heterocycles. The fourth-order valence-corrected chi connectivity index (χ4v) is 2.33. The second kappa shape index (κ2) is 7.04. The highest BCUT2D eigenvalue weighted by Gasteiger charge is 2.30. The summed E-state index contributed by atoms with van der Waals surface area (Å²) in [4.78, 5) is 0. The van der Waals surface area contributed by atoms with Crippen LogP contribution in [0.15, 0.2) is 24.3 Å². The fourth-order valence-electron chi connectivity index (χ4n) is 1.69. The maximum Gasteiger partial charge on any atom is 0.416 e. The molecule has 1 aromatic rings. The third kappa shape index (κ3) is 4.53. The molecule has 0 radical (unpaired) electrons. The Morgan fingerprint density at radius 3 is 2.61 bits per heavy atom. The largest absolute Gasteiger partial charge is 0.416 e. The monoisotopic (exact) mass is 277 g/mol. The molecular formula is C13H18F3NS. The first-order valence-corrected chi connectivity index (χ1v) is 7.28. The van der Waals surface area contributed by atoms with Gasteiger partial charge in [0.15, 0.2) is 0 Å². The van der Waals surface area contributed by atoms with Gasteiger partial charge in [0.2, 0.25) is 0 Å². The highest BCUT2D eigenvalue weighted by molar-refractivity contribution is 7.98. The minimum atomic E-state index is -4.27. The smallest absolute Gasteiger partial charge is 0.309 e. The van der Waals surface area contributed by atoms with Crippen LogP contribution in [0.4, 0.5) is 13.2 Å². The molecule has 5 heteroatoms. The molecule has 102 valence electrons. The van der Waals surface area contributed by atoms with Crippen LogP contribution >= 0.6 is 11.8 Å². The number of benzene rings is 1. The predicted octanol–water partition coefficient (Wildman–Crippen LogP) is 4.11. The Hall–Kier alpha value is -0.680. The number of alkyl halides is 3. The van der Waals surface area contributed by atoms with Crippen molar-refractivity contribution < 1.29 is 13.2 Å². The van der Waals surface area contributed by atoms with Crippen molar-refractivity contribution in [3.05, 3.63) is 35.4 Å². The highest BCUT2D eigenvalue weighted by Crippen LogP contribution is 2.31. The van der Waals surface area contributed by atoms with Crippen LogP contribution in [0.1, 0.15) is 30.5 Å². The molecule has 0 heterocycles. The molecule has 0 aromatic heterocycles. The first-order valence-electron chi connectivity index (χ1n) is 5.88. The minimum Gasteiger partial charge on any atom is -0.309 e. The number of hydrogen-bond donors (Lipinski definition) is 1. The number of nitrogens with one attached hydrogen (secondary N) is 1. The molecule has 1 unspecified atom stereocenters. The van der Waals surface area contributed by atoms with E-state index < -0.39 is 11.7 Å². The molecular weight excluding hydrogens is 259 g/mol. The minimum absolute atomic E-state index is 0.0257. The van der Waals surface area contributed by atoms with Crippen LogP contribution in [-0.2, 0) is 6.18 Å². The SMILES string of the molecule is CCCNC(CSC)c1cccc(C(F)(F)F)c1. The zero-order chi connectivity index (χ0) is 13.6. The van der Waals surface area contributed by atoms with Gasteiger partial charge in [-0.15, -0.1) is 0 Å². The van der Waals surface area contributed by atoms with Crippen molar-refractivity contribution >= 4 is 11.8 Å². The van der Waals surface area contributed by atoms with Crippen molar-refractivity contribution in [2.45, 2.75) is 25.6 Å². The van der Waals surface area contributed by atoms with Gasteiger partial charge in [-0.25, -0.2) is 0 Å². The summed E-state index contributed by atoms with van der Waals surface area (Å²) >= 11 is 1.62. The average molecular weight is 277 g/mol. The lowest BCUT2D eigenvalue weighted by atomic mass is 10.0. The van der Waals surface area contributed by atoms with Crippen molar-refractivity contribution in [2.24, 2.45) is 0 Å². The summed E-state index contributed by atoms with van der Waals surface area (Å²) in [6.45, 7) is 2.84. The molecule has 0 aliphatic rings. The summed E-state index contributed by atoms with van der Waals surface area (Å²) in [5, 5.41) is 3.28. The third-order valence-electron chi connectivity index (χ3n) is 2.59. The van der Waals surface area contributed by atoms with Crippen LogP contribution in [-0.4, -0.2) is 18.6 Å². The molecule has 1 aromatic carbocycles. The Kier molecular flexibility index (Phi) is 6.02. The molecule has 0 aliphatic carbocycles. The van der Waals surface area contributed by atoms with Gasteiger partial charge >= 0.3 is 6.18 Å². The van der Waals surface area contributed by atoms with Gasteiger partial charge in [-0.3, -0.25) is 0 Å². The van der Waals surface area contributed by atoms with E-state index in [1.54, 1.807) is 17.8 Å². The van der Waals surface area contributed by atoms with E-state index in [1.807, 2.05) is 13.2 Å². The molecule has 0 bridgehead atoms. The van der Waals surface area contributed by atoms with E-state index in [0.29, 0.717) is 5.56 Å². The van der Waals surface area contributed by atoms with Crippen molar-refractivity contribution in [2.75, 3.05) is 18.6 Å². The molecule has 0 spiro atoms. The first kappa shape index (κ1) is 15.4. The summed E-state index contributed by atoms with van der Waals surface area (Å²) in [7, 11) is 0. The number of halogens is 3. The molecule has 0 aliphatic heterocycles. The van der Waals surface area contributed by atoms with Gasteiger partial charge in [0, 0.05) is 11.8 Å². The van der Waals surface area contributed by atoms with Gasteiger partial charge in [0.05, 0.1) is 5.56 Å². The Morgan fingerprint density at radius 2 is 2.06 bits per heavy atom. The third-order valence-corrected chi connectivity index (χ3v) is 3.26. The topological polar surface area (TPSA) is 12.0 Å². The van der Waals surface area contributed by atoms with E-state index in [2.05, 4.69) is 5.32 Å². The van der Waals surface area contributed by atoms with Crippen LogP contribution < -0.4 is 5.32 Å². The quantitative estimate of drug-likeness (QED) is 0.840. The summed E-state index contributed by atoms with van der Waals surface area (Å²) in [5.74, 6) is 0.765. The maximum absolute atomic E-state index is 12.6. The molecule has 1 N–H and O–H groups in total. The van der Waals surface area contributed by atoms with E-state index in [0.717, 1.165) is 24.8 Å². The Labute approximate surface area is 110 Å². The van der Waals surface area contributed by atoms with E-state index in [4.69, 9.17) is 0 Å². The van der Waals surface area contributed by atoms with E-state index in [1.165, 1.54) is 12.1 Å². The Balaban J connectivity index is 2.90. The van der Waals surface area contributed by atoms with E-state index >= 15 is 0 Å². The van der Waals surface area contributed by atoms with Crippen LogP contribution in [0, 0.1) is 0 Å². The standard InChI is InChI=1S/C13H18F3NS/c1-3-7-17-12(9-18-2)10-5-4-6-11(8-10)13(14,15)16/h4-6,8,12,17H,3,7,9H2,1-2H3. The molecule has 0 amide bonds. The lowest BCUT2D eigenvalue weighted by molar-refractivity contribution is -0.137. The van der Waals surface area contributed by atoms with Crippen LogP contribution in [0.2, 0.25) is 0 Å². The predicted molar refractivity (Wildman–Crippen MR) is 70.9 cm³/mol. The van der Waals surface area contributed by atoms with Crippen molar-refractivity contribution in [1.82, 2.24) is 5.32 Å². The summed E-state index contributed by atoms with van der Waals surface area (Å²) in [5.41, 5.74) is 0.122. The second-order valence-corrected chi connectivity index (χ2v) is 5.00. The van der Waals surface area contributed by atoms with Gasteiger partial charge < -0.3 is 5.32 Å². The number of thioether (sulfide) groups is 1. The molecule has 1 nitrogen and oxygen atoms in total. The lowest BCUT2D eigenvalue weighted by Gasteiger charge is -2.19. The van der Waals surface area contributed by atoms with Crippen LogP contribution in [0.5, 0.6) is 0 Å². The number of rotatable bonds is 6. The number of hydrogen-bond acceptors (Lipinski definition) is 2. The summed E-state index contributed by atoms with van der Waals surface area (Å²) in [6, 6.07) is 5.54. The summed E-state index contributed by atoms with van der Waals surface area (Å²) < 4.78 is 37.9. The Bertz CT molecular complexity index is 365.